The van der Waals surface area contributed by atoms with Crippen LogP contribution in [0, 0.1) is 0 Å². The van der Waals surface area contributed by atoms with Crippen LogP contribution in [0.3, 0.4) is 0 Å². The van der Waals surface area contributed by atoms with Crippen LogP contribution < -0.4 is 5.73 Å². The monoisotopic (exact) mass is 236 g/mol. The predicted octanol–water partition coefficient (Wildman–Crippen LogP) is 1.78. The van der Waals surface area contributed by atoms with Gasteiger partial charge in [0, 0.05) is 24.8 Å². The Bertz CT molecular complexity index is 358. The summed E-state index contributed by atoms with van der Waals surface area (Å²) in [6, 6.07) is 1.09. The highest BCUT2D eigenvalue weighted by Gasteiger charge is 2.33. The Kier molecular flexibility index (Phi) is 3.84. The van der Waals surface area contributed by atoms with Gasteiger partial charge in [-0.1, -0.05) is 0 Å². The fourth-order valence-corrected chi connectivity index (χ4v) is 2.86. The summed E-state index contributed by atoms with van der Waals surface area (Å²) in [4.78, 5) is 6.79. The van der Waals surface area contributed by atoms with Crippen LogP contribution in [0.1, 0.15) is 45.3 Å². The Balaban J connectivity index is 2.31. The molecule has 0 radical (unpaired) electrons. The van der Waals surface area contributed by atoms with E-state index in [1.54, 1.807) is 0 Å². The van der Waals surface area contributed by atoms with Crippen molar-refractivity contribution in [3.05, 3.63) is 18.2 Å². The minimum atomic E-state index is 0.230. The Morgan fingerprint density at radius 2 is 2.29 bits per heavy atom. The Morgan fingerprint density at radius 3 is 2.94 bits per heavy atom. The highest BCUT2D eigenvalue weighted by molar-refractivity contribution is 5.11. The number of nitrogens with zero attached hydrogens (tertiary/aromatic N) is 3. The second kappa shape index (κ2) is 5.19. The lowest BCUT2D eigenvalue weighted by molar-refractivity contribution is 0.0895. The number of likely N-dealkylation sites (tertiary alicyclic amines) is 1. The zero-order valence-corrected chi connectivity index (χ0v) is 11.1. The predicted molar refractivity (Wildman–Crippen MR) is 69.7 cm³/mol. The maximum atomic E-state index is 6.34. The van der Waals surface area contributed by atoms with E-state index in [9.17, 15) is 0 Å². The molecule has 1 fully saturated rings. The van der Waals surface area contributed by atoms with E-state index >= 15 is 0 Å². The summed E-state index contributed by atoms with van der Waals surface area (Å²) in [6.45, 7) is 8.75. The number of piperidine rings is 1. The summed E-state index contributed by atoms with van der Waals surface area (Å²) in [6.07, 6.45) is 6.21. The number of hydrogen-bond donors (Lipinski definition) is 1. The molecule has 1 aromatic rings. The molecule has 96 valence electrons. The Morgan fingerprint density at radius 1 is 1.53 bits per heavy atom. The third kappa shape index (κ3) is 2.38. The third-order valence-electron chi connectivity index (χ3n) is 3.77. The maximum Gasteiger partial charge on any atom is 0.0948 e. The molecular weight excluding hydrogens is 212 g/mol. The second-order valence-corrected chi connectivity index (χ2v) is 5.19. The van der Waals surface area contributed by atoms with Crippen molar-refractivity contribution >= 4 is 0 Å². The van der Waals surface area contributed by atoms with E-state index in [-0.39, 0.29) is 6.04 Å². The van der Waals surface area contributed by atoms with Crippen molar-refractivity contribution in [3.8, 4) is 0 Å². The lowest BCUT2D eigenvalue weighted by atomic mass is 9.93. The van der Waals surface area contributed by atoms with Crippen LogP contribution in [0.25, 0.3) is 0 Å². The van der Waals surface area contributed by atoms with Gasteiger partial charge in [-0.3, -0.25) is 4.90 Å². The molecule has 0 amide bonds. The molecule has 2 heterocycles. The minimum Gasteiger partial charge on any atom is -0.333 e. The molecule has 2 atom stereocenters. The van der Waals surface area contributed by atoms with Gasteiger partial charge in [0.2, 0.25) is 0 Å². The number of rotatable bonds is 3. The van der Waals surface area contributed by atoms with Crippen molar-refractivity contribution in [2.24, 2.45) is 5.73 Å². The summed E-state index contributed by atoms with van der Waals surface area (Å²) >= 11 is 0. The van der Waals surface area contributed by atoms with E-state index in [1.807, 2.05) is 12.5 Å². The van der Waals surface area contributed by atoms with Crippen molar-refractivity contribution in [3.63, 3.8) is 0 Å². The summed E-state index contributed by atoms with van der Waals surface area (Å²) in [5, 5.41) is 0. The average molecular weight is 236 g/mol. The van der Waals surface area contributed by atoms with E-state index in [0.717, 1.165) is 19.5 Å². The van der Waals surface area contributed by atoms with Crippen molar-refractivity contribution in [1.82, 2.24) is 14.5 Å². The van der Waals surface area contributed by atoms with Gasteiger partial charge in [-0.15, -0.1) is 0 Å². The number of nitrogens with two attached hydrogens (primary N) is 1. The summed E-state index contributed by atoms with van der Waals surface area (Å²) in [5.74, 6) is 0. The van der Waals surface area contributed by atoms with E-state index in [0.29, 0.717) is 12.1 Å². The normalized spacial score (nSPS) is 26.6. The van der Waals surface area contributed by atoms with Crippen molar-refractivity contribution < 1.29 is 0 Å². The zero-order chi connectivity index (χ0) is 12.4. The molecule has 1 aliphatic rings. The van der Waals surface area contributed by atoms with Crippen molar-refractivity contribution in [2.45, 2.75) is 58.3 Å². The van der Waals surface area contributed by atoms with Gasteiger partial charge in [0.1, 0.15) is 0 Å². The van der Waals surface area contributed by atoms with E-state index in [4.69, 9.17) is 5.73 Å². The van der Waals surface area contributed by atoms with Gasteiger partial charge in [0.25, 0.3) is 0 Å². The molecule has 1 aromatic heterocycles. The highest BCUT2D eigenvalue weighted by atomic mass is 15.2. The molecule has 0 bridgehead atoms. The molecular formula is C13H24N4. The molecule has 2 rings (SSSR count). The largest absolute Gasteiger partial charge is 0.333 e. The smallest absolute Gasteiger partial charge is 0.0948 e. The third-order valence-corrected chi connectivity index (χ3v) is 3.77. The molecule has 4 heteroatoms. The Labute approximate surface area is 104 Å². The van der Waals surface area contributed by atoms with Gasteiger partial charge in [-0.05, 0) is 40.2 Å². The van der Waals surface area contributed by atoms with Crippen LogP contribution in [-0.4, -0.2) is 33.1 Å². The summed E-state index contributed by atoms with van der Waals surface area (Å²) < 4.78 is 2.21. The molecule has 0 spiro atoms. The first kappa shape index (κ1) is 12.6. The fourth-order valence-electron chi connectivity index (χ4n) is 2.86. The average Bonchev–Trinajstić information content (AvgIpc) is 2.76. The van der Waals surface area contributed by atoms with Crippen LogP contribution in [-0.2, 0) is 6.54 Å². The van der Waals surface area contributed by atoms with Gasteiger partial charge in [-0.2, -0.15) is 0 Å². The number of hydrogen-bond acceptors (Lipinski definition) is 3. The van der Waals surface area contributed by atoms with Gasteiger partial charge in [-0.25, -0.2) is 4.98 Å². The SMILES string of the molecule is CCn1cncc1C1C(N)CCCN1C(C)C. The number of imidazole rings is 1. The lowest BCUT2D eigenvalue weighted by Crippen LogP contribution is -2.49. The second-order valence-electron chi connectivity index (χ2n) is 5.19. The number of aryl methyl sites for hydroxylation is 1. The molecule has 2 unspecified atom stereocenters. The molecule has 1 aliphatic heterocycles. The molecule has 4 nitrogen and oxygen atoms in total. The van der Waals surface area contributed by atoms with Gasteiger partial charge < -0.3 is 10.3 Å². The van der Waals surface area contributed by atoms with Crippen LogP contribution in [0.15, 0.2) is 12.5 Å². The molecule has 17 heavy (non-hydrogen) atoms. The van der Waals surface area contributed by atoms with Crippen LogP contribution in [0.5, 0.6) is 0 Å². The van der Waals surface area contributed by atoms with Gasteiger partial charge >= 0.3 is 0 Å². The van der Waals surface area contributed by atoms with Gasteiger partial charge in [0.15, 0.2) is 0 Å². The van der Waals surface area contributed by atoms with Crippen molar-refractivity contribution in [2.75, 3.05) is 6.54 Å². The first-order valence-electron chi connectivity index (χ1n) is 6.66. The van der Waals surface area contributed by atoms with Gasteiger partial charge in [0.05, 0.1) is 18.1 Å². The molecule has 2 N–H and O–H groups in total. The van der Waals surface area contributed by atoms with Crippen LogP contribution in [0.4, 0.5) is 0 Å². The fraction of sp³-hybridized carbons (Fsp3) is 0.769. The first-order valence-corrected chi connectivity index (χ1v) is 6.66. The topological polar surface area (TPSA) is 47.1 Å². The number of aromatic nitrogens is 2. The lowest BCUT2D eigenvalue weighted by Gasteiger charge is -2.42. The van der Waals surface area contributed by atoms with Crippen LogP contribution >= 0.6 is 0 Å². The summed E-state index contributed by atoms with van der Waals surface area (Å²) in [5.41, 5.74) is 7.61. The van der Waals surface area contributed by atoms with E-state index in [2.05, 4.69) is 35.2 Å². The molecule has 0 aromatic carbocycles. The quantitative estimate of drug-likeness (QED) is 0.870. The molecule has 0 saturated carbocycles. The maximum absolute atomic E-state index is 6.34. The minimum absolute atomic E-state index is 0.230. The van der Waals surface area contributed by atoms with E-state index < -0.39 is 0 Å². The molecule has 0 aliphatic carbocycles. The standard InChI is InChI=1S/C13H24N4/c1-4-16-9-15-8-12(16)13-11(14)6-5-7-17(13)10(2)3/h8-11,13H,4-7,14H2,1-3H3. The molecule has 1 saturated heterocycles. The van der Waals surface area contributed by atoms with Crippen molar-refractivity contribution in [1.29, 1.82) is 0 Å². The Hall–Kier alpha value is -0.870. The summed E-state index contributed by atoms with van der Waals surface area (Å²) in [7, 11) is 0. The first-order chi connectivity index (χ1) is 8.15. The highest BCUT2D eigenvalue weighted by Crippen LogP contribution is 2.31. The van der Waals surface area contributed by atoms with E-state index in [1.165, 1.54) is 12.1 Å². The zero-order valence-electron chi connectivity index (χ0n) is 11.1. The van der Waals surface area contributed by atoms with Crippen LogP contribution in [0.2, 0.25) is 0 Å².